The fourth-order valence-corrected chi connectivity index (χ4v) is 2.47. The van der Waals surface area contributed by atoms with Crippen LogP contribution in [0.15, 0.2) is 18.2 Å². The second kappa shape index (κ2) is 5.17. The number of anilines is 1. The third-order valence-corrected chi connectivity index (χ3v) is 3.54. The summed E-state index contributed by atoms with van der Waals surface area (Å²) in [6.45, 7) is 1.41. The van der Waals surface area contributed by atoms with Gasteiger partial charge in [-0.15, -0.1) is 10.2 Å². The number of hydrogen-bond acceptors (Lipinski definition) is 3. The third-order valence-electron chi connectivity index (χ3n) is 3.30. The van der Waals surface area contributed by atoms with Crippen LogP contribution in [0.1, 0.15) is 24.5 Å². The molecule has 0 fully saturated rings. The molecule has 4 nitrogen and oxygen atoms in total. The van der Waals surface area contributed by atoms with Gasteiger partial charge in [0.25, 0.3) is 0 Å². The monoisotopic (exact) mass is 280 g/mol. The predicted molar refractivity (Wildman–Crippen MR) is 71.7 cm³/mol. The van der Waals surface area contributed by atoms with Crippen molar-refractivity contribution in [1.82, 2.24) is 14.8 Å². The van der Waals surface area contributed by atoms with Gasteiger partial charge < -0.3 is 9.88 Å². The minimum atomic E-state index is -0.356. The Morgan fingerprint density at radius 3 is 3.05 bits per heavy atom. The normalized spacial score (nSPS) is 14.2. The first kappa shape index (κ1) is 12.4. The zero-order chi connectivity index (χ0) is 13.2. The summed E-state index contributed by atoms with van der Waals surface area (Å²) in [5.74, 6) is 1.52. The van der Waals surface area contributed by atoms with E-state index in [9.17, 15) is 4.39 Å². The topological polar surface area (TPSA) is 42.7 Å². The van der Waals surface area contributed by atoms with Gasteiger partial charge in [0.1, 0.15) is 11.6 Å². The largest absolute Gasteiger partial charge is 0.375 e. The lowest BCUT2D eigenvalue weighted by Crippen LogP contribution is -2.15. The van der Waals surface area contributed by atoms with Crippen LogP contribution in [0.2, 0.25) is 5.02 Å². The van der Waals surface area contributed by atoms with Gasteiger partial charge in [0.2, 0.25) is 0 Å². The molecule has 0 unspecified atom stereocenters. The molecule has 1 aromatic heterocycles. The zero-order valence-corrected chi connectivity index (χ0v) is 11.1. The summed E-state index contributed by atoms with van der Waals surface area (Å²) < 4.78 is 15.7. The molecule has 1 aromatic carbocycles. The van der Waals surface area contributed by atoms with E-state index in [1.807, 2.05) is 0 Å². The SMILES string of the molecule is Fc1cc(Cl)ccc1NCc1nnc2n1CCCC2. The molecule has 19 heavy (non-hydrogen) atoms. The van der Waals surface area contributed by atoms with Gasteiger partial charge in [-0.25, -0.2) is 4.39 Å². The van der Waals surface area contributed by atoms with Gasteiger partial charge in [-0.1, -0.05) is 11.6 Å². The highest BCUT2D eigenvalue weighted by molar-refractivity contribution is 6.30. The van der Waals surface area contributed by atoms with Crippen LogP contribution in [-0.2, 0) is 19.5 Å². The average Bonchev–Trinajstić information content (AvgIpc) is 2.81. The van der Waals surface area contributed by atoms with Crippen molar-refractivity contribution in [3.8, 4) is 0 Å². The van der Waals surface area contributed by atoms with Gasteiger partial charge >= 0.3 is 0 Å². The minimum Gasteiger partial charge on any atom is -0.375 e. The average molecular weight is 281 g/mol. The van der Waals surface area contributed by atoms with E-state index in [-0.39, 0.29) is 5.82 Å². The predicted octanol–water partition coefficient (Wildman–Crippen LogP) is 3.02. The van der Waals surface area contributed by atoms with E-state index in [0.29, 0.717) is 17.3 Å². The highest BCUT2D eigenvalue weighted by Gasteiger charge is 2.15. The summed E-state index contributed by atoms with van der Waals surface area (Å²) in [6.07, 6.45) is 3.28. The second-order valence-corrected chi connectivity index (χ2v) is 5.06. The zero-order valence-electron chi connectivity index (χ0n) is 10.4. The van der Waals surface area contributed by atoms with Gasteiger partial charge in [-0.05, 0) is 31.0 Å². The summed E-state index contributed by atoms with van der Waals surface area (Å²) >= 11 is 5.72. The number of fused-ring (bicyclic) bond motifs is 1. The highest BCUT2D eigenvalue weighted by atomic mass is 35.5. The molecule has 100 valence electrons. The molecule has 3 rings (SSSR count). The molecule has 2 heterocycles. The summed E-state index contributed by atoms with van der Waals surface area (Å²) in [6, 6.07) is 4.58. The summed E-state index contributed by atoms with van der Waals surface area (Å²) in [5, 5.41) is 11.8. The standard InChI is InChI=1S/C13H14ClFN4/c14-9-4-5-11(10(15)7-9)16-8-13-18-17-12-3-1-2-6-19(12)13/h4-5,7,16H,1-3,6,8H2. The van der Waals surface area contributed by atoms with Crippen LogP contribution in [0.4, 0.5) is 10.1 Å². The van der Waals surface area contributed by atoms with E-state index in [4.69, 9.17) is 11.6 Å². The van der Waals surface area contributed by atoms with Crippen molar-refractivity contribution in [3.05, 3.63) is 40.7 Å². The molecular weight excluding hydrogens is 267 g/mol. The molecule has 0 radical (unpaired) electrons. The quantitative estimate of drug-likeness (QED) is 0.940. The van der Waals surface area contributed by atoms with Crippen molar-refractivity contribution >= 4 is 17.3 Å². The molecule has 0 bridgehead atoms. The van der Waals surface area contributed by atoms with Gasteiger partial charge in [-0.2, -0.15) is 0 Å². The molecule has 1 aliphatic rings. The van der Waals surface area contributed by atoms with Gasteiger partial charge in [0.15, 0.2) is 5.82 Å². The molecule has 1 N–H and O–H groups in total. The molecule has 0 saturated carbocycles. The van der Waals surface area contributed by atoms with Crippen molar-refractivity contribution in [2.75, 3.05) is 5.32 Å². The number of halogens is 2. The van der Waals surface area contributed by atoms with E-state index in [1.54, 1.807) is 12.1 Å². The van der Waals surface area contributed by atoms with Gasteiger partial charge in [0, 0.05) is 18.0 Å². The first-order valence-corrected chi connectivity index (χ1v) is 6.72. The highest BCUT2D eigenvalue weighted by Crippen LogP contribution is 2.20. The van der Waals surface area contributed by atoms with Gasteiger partial charge in [-0.3, -0.25) is 0 Å². The van der Waals surface area contributed by atoms with E-state index in [2.05, 4.69) is 20.1 Å². The fraction of sp³-hybridized carbons (Fsp3) is 0.385. The van der Waals surface area contributed by atoms with Crippen molar-refractivity contribution < 1.29 is 4.39 Å². The maximum Gasteiger partial charge on any atom is 0.152 e. The Bertz CT molecular complexity index is 596. The molecular formula is C13H14ClFN4. The van der Waals surface area contributed by atoms with Crippen LogP contribution in [0.5, 0.6) is 0 Å². The third kappa shape index (κ3) is 2.56. The lowest BCUT2D eigenvalue weighted by Gasteiger charge is -2.15. The molecule has 0 aliphatic carbocycles. The number of nitrogens with zero attached hydrogens (tertiary/aromatic N) is 3. The first-order valence-electron chi connectivity index (χ1n) is 6.34. The number of rotatable bonds is 3. The maximum atomic E-state index is 13.6. The van der Waals surface area contributed by atoms with Crippen LogP contribution in [-0.4, -0.2) is 14.8 Å². The lowest BCUT2D eigenvalue weighted by molar-refractivity contribution is 0.509. The molecule has 0 amide bonds. The van der Waals surface area contributed by atoms with E-state index in [1.165, 1.54) is 6.07 Å². The second-order valence-electron chi connectivity index (χ2n) is 4.62. The lowest BCUT2D eigenvalue weighted by atomic mass is 10.2. The van der Waals surface area contributed by atoms with E-state index >= 15 is 0 Å². The van der Waals surface area contributed by atoms with Crippen molar-refractivity contribution in [2.24, 2.45) is 0 Å². The van der Waals surface area contributed by atoms with E-state index in [0.717, 1.165) is 37.5 Å². The first-order chi connectivity index (χ1) is 9.24. The Balaban J connectivity index is 1.74. The summed E-state index contributed by atoms with van der Waals surface area (Å²) in [4.78, 5) is 0. The summed E-state index contributed by atoms with van der Waals surface area (Å²) in [5.41, 5.74) is 0.428. The molecule has 0 atom stereocenters. The fourth-order valence-electron chi connectivity index (χ4n) is 2.31. The maximum absolute atomic E-state index is 13.6. The van der Waals surface area contributed by atoms with Crippen LogP contribution in [0.3, 0.4) is 0 Å². The molecule has 0 saturated heterocycles. The van der Waals surface area contributed by atoms with Crippen LogP contribution in [0.25, 0.3) is 0 Å². The number of aryl methyl sites for hydroxylation is 1. The Morgan fingerprint density at radius 2 is 2.21 bits per heavy atom. The Hall–Kier alpha value is -1.62. The number of aromatic nitrogens is 3. The Kier molecular flexibility index (Phi) is 3.38. The van der Waals surface area contributed by atoms with Crippen molar-refractivity contribution in [2.45, 2.75) is 32.4 Å². The van der Waals surface area contributed by atoms with Crippen LogP contribution >= 0.6 is 11.6 Å². The number of hydrogen-bond donors (Lipinski definition) is 1. The minimum absolute atomic E-state index is 0.356. The molecule has 2 aromatic rings. The van der Waals surface area contributed by atoms with E-state index < -0.39 is 0 Å². The van der Waals surface area contributed by atoms with Gasteiger partial charge in [0.05, 0.1) is 12.2 Å². The van der Waals surface area contributed by atoms with Crippen LogP contribution < -0.4 is 5.32 Å². The summed E-state index contributed by atoms with van der Waals surface area (Å²) in [7, 11) is 0. The molecule has 6 heteroatoms. The smallest absolute Gasteiger partial charge is 0.152 e. The van der Waals surface area contributed by atoms with Crippen molar-refractivity contribution in [3.63, 3.8) is 0 Å². The molecule has 0 spiro atoms. The Morgan fingerprint density at radius 1 is 1.32 bits per heavy atom. The number of benzene rings is 1. The number of nitrogens with one attached hydrogen (secondary N) is 1. The molecule has 1 aliphatic heterocycles. The van der Waals surface area contributed by atoms with Crippen LogP contribution in [0, 0.1) is 5.82 Å². The van der Waals surface area contributed by atoms with Crippen molar-refractivity contribution in [1.29, 1.82) is 0 Å². The Labute approximate surface area is 115 Å².